The smallest absolute Gasteiger partial charge is 0.0333 e. The van der Waals surface area contributed by atoms with E-state index in [1.807, 2.05) is 0 Å². The van der Waals surface area contributed by atoms with Gasteiger partial charge in [-0.05, 0) is 24.5 Å². The average molecular weight is 204 g/mol. The fourth-order valence-corrected chi connectivity index (χ4v) is 2.37. The maximum absolute atomic E-state index is 6.28. The number of hydrogen-bond donors (Lipinski definition) is 2. The number of nitrogens with one attached hydrogen (secondary N) is 1. The van der Waals surface area contributed by atoms with Gasteiger partial charge < -0.3 is 11.1 Å². The van der Waals surface area contributed by atoms with Crippen LogP contribution in [-0.4, -0.2) is 18.6 Å². The van der Waals surface area contributed by atoms with E-state index in [0.29, 0.717) is 5.92 Å². The molecular weight excluding hydrogens is 184 g/mol. The average Bonchev–Trinajstić information content (AvgIpc) is 2.58. The number of benzene rings is 1. The van der Waals surface area contributed by atoms with E-state index in [9.17, 15) is 0 Å². The maximum atomic E-state index is 6.28. The summed E-state index contributed by atoms with van der Waals surface area (Å²) in [6.07, 6.45) is 1.09. The molecule has 1 aromatic rings. The number of rotatable bonds is 2. The monoisotopic (exact) mass is 204 g/mol. The first-order valence-corrected chi connectivity index (χ1v) is 5.72. The molecule has 2 nitrogen and oxygen atoms in total. The van der Waals surface area contributed by atoms with Crippen LogP contribution in [0.25, 0.3) is 0 Å². The second-order valence-electron chi connectivity index (χ2n) is 4.79. The first kappa shape index (κ1) is 10.7. The summed E-state index contributed by atoms with van der Waals surface area (Å²) in [5.41, 5.74) is 8.96. The van der Waals surface area contributed by atoms with Crippen molar-refractivity contribution in [2.24, 2.45) is 5.73 Å². The zero-order valence-electron chi connectivity index (χ0n) is 9.59. The number of aryl methyl sites for hydroxylation is 1. The van der Waals surface area contributed by atoms with E-state index in [1.54, 1.807) is 0 Å². The molecule has 2 heteroatoms. The molecular formula is C13H20N2. The third-order valence-electron chi connectivity index (χ3n) is 3.41. The molecule has 0 bridgehead atoms. The Balaban J connectivity index is 2.29. The van der Waals surface area contributed by atoms with Crippen molar-refractivity contribution in [2.75, 3.05) is 13.1 Å². The largest absolute Gasteiger partial charge is 0.324 e. The minimum Gasteiger partial charge on any atom is -0.324 e. The molecule has 0 aromatic heterocycles. The normalized spacial score (nSPS) is 30.7. The lowest BCUT2D eigenvalue weighted by atomic mass is 9.84. The molecule has 1 aromatic carbocycles. The summed E-state index contributed by atoms with van der Waals surface area (Å²) in [7, 11) is 0. The van der Waals surface area contributed by atoms with Crippen molar-refractivity contribution in [1.82, 2.24) is 5.32 Å². The highest BCUT2D eigenvalue weighted by Gasteiger charge is 2.35. The van der Waals surface area contributed by atoms with Crippen LogP contribution in [0.1, 0.15) is 30.9 Å². The van der Waals surface area contributed by atoms with Gasteiger partial charge in [0.2, 0.25) is 0 Å². The zero-order chi connectivity index (χ0) is 10.9. The van der Waals surface area contributed by atoms with Crippen molar-refractivity contribution < 1.29 is 0 Å². The Hall–Kier alpha value is -0.860. The molecule has 1 aliphatic rings. The molecule has 2 atom stereocenters. The van der Waals surface area contributed by atoms with E-state index >= 15 is 0 Å². The Morgan fingerprint density at radius 2 is 2.33 bits per heavy atom. The van der Waals surface area contributed by atoms with Crippen LogP contribution in [-0.2, 0) is 6.42 Å². The number of nitrogens with two attached hydrogens (primary N) is 1. The minimum atomic E-state index is -0.105. The molecule has 0 saturated carbocycles. The van der Waals surface area contributed by atoms with Gasteiger partial charge in [0.05, 0.1) is 0 Å². The fraction of sp³-hybridized carbons (Fsp3) is 0.538. The highest BCUT2D eigenvalue weighted by molar-refractivity contribution is 5.30. The van der Waals surface area contributed by atoms with E-state index < -0.39 is 0 Å². The van der Waals surface area contributed by atoms with E-state index in [1.165, 1.54) is 11.1 Å². The van der Waals surface area contributed by atoms with Crippen molar-refractivity contribution >= 4 is 0 Å². The van der Waals surface area contributed by atoms with Gasteiger partial charge in [-0.15, -0.1) is 0 Å². The molecule has 0 aliphatic carbocycles. The van der Waals surface area contributed by atoms with Crippen LogP contribution in [0.15, 0.2) is 24.3 Å². The Morgan fingerprint density at radius 3 is 2.93 bits per heavy atom. The molecule has 1 saturated heterocycles. The lowest BCUT2D eigenvalue weighted by molar-refractivity contribution is 0.462. The lowest BCUT2D eigenvalue weighted by Crippen LogP contribution is -2.42. The zero-order valence-corrected chi connectivity index (χ0v) is 9.59. The van der Waals surface area contributed by atoms with E-state index in [-0.39, 0.29) is 5.54 Å². The third-order valence-corrected chi connectivity index (χ3v) is 3.41. The highest BCUT2D eigenvalue weighted by atomic mass is 15.0. The number of hydrogen-bond acceptors (Lipinski definition) is 2. The van der Waals surface area contributed by atoms with Crippen LogP contribution in [0, 0.1) is 0 Å². The van der Waals surface area contributed by atoms with Crippen LogP contribution in [0.3, 0.4) is 0 Å². The van der Waals surface area contributed by atoms with Gasteiger partial charge >= 0.3 is 0 Å². The highest BCUT2D eigenvalue weighted by Crippen LogP contribution is 2.29. The Morgan fingerprint density at radius 1 is 1.53 bits per heavy atom. The standard InChI is InChI=1S/C13H20N2/c1-3-10-5-4-6-11(7-10)12-8-15-9-13(12,2)14/h4-7,12,15H,3,8-9,14H2,1-2H3/t12-,13+/m1/s1. The van der Waals surface area contributed by atoms with Crippen LogP contribution in [0.4, 0.5) is 0 Å². The van der Waals surface area contributed by atoms with Gasteiger partial charge in [-0.2, -0.15) is 0 Å². The van der Waals surface area contributed by atoms with Crippen molar-refractivity contribution in [3.8, 4) is 0 Å². The second-order valence-corrected chi connectivity index (χ2v) is 4.79. The Kier molecular flexibility index (Phi) is 2.81. The second kappa shape index (κ2) is 3.95. The molecule has 2 rings (SSSR count). The van der Waals surface area contributed by atoms with Crippen molar-refractivity contribution in [1.29, 1.82) is 0 Å². The molecule has 0 radical (unpaired) electrons. The van der Waals surface area contributed by atoms with Gasteiger partial charge in [-0.3, -0.25) is 0 Å². The summed E-state index contributed by atoms with van der Waals surface area (Å²) in [5.74, 6) is 0.448. The van der Waals surface area contributed by atoms with Crippen LogP contribution >= 0.6 is 0 Å². The van der Waals surface area contributed by atoms with Crippen molar-refractivity contribution in [3.05, 3.63) is 35.4 Å². The molecule has 0 amide bonds. The molecule has 82 valence electrons. The molecule has 0 unspecified atom stereocenters. The predicted octanol–water partition coefficient (Wildman–Crippen LogP) is 1.65. The Bertz CT molecular complexity index is 344. The summed E-state index contributed by atoms with van der Waals surface area (Å²) in [6, 6.07) is 8.81. The minimum absolute atomic E-state index is 0.105. The van der Waals surface area contributed by atoms with Crippen LogP contribution in [0.5, 0.6) is 0 Å². The van der Waals surface area contributed by atoms with Gasteiger partial charge in [0.1, 0.15) is 0 Å². The van der Waals surface area contributed by atoms with E-state index in [0.717, 1.165) is 19.5 Å². The molecule has 3 N–H and O–H groups in total. The summed E-state index contributed by atoms with van der Waals surface area (Å²) in [5, 5.41) is 3.37. The van der Waals surface area contributed by atoms with Crippen molar-refractivity contribution in [2.45, 2.75) is 31.7 Å². The van der Waals surface area contributed by atoms with Gasteiger partial charge in [0, 0.05) is 24.5 Å². The summed E-state index contributed by atoms with van der Waals surface area (Å²) in [4.78, 5) is 0. The molecule has 0 spiro atoms. The fourth-order valence-electron chi connectivity index (χ4n) is 2.37. The molecule has 1 fully saturated rings. The topological polar surface area (TPSA) is 38.0 Å². The predicted molar refractivity (Wildman–Crippen MR) is 64.0 cm³/mol. The summed E-state index contributed by atoms with van der Waals surface area (Å²) in [6.45, 7) is 6.23. The van der Waals surface area contributed by atoms with Gasteiger partial charge in [0.25, 0.3) is 0 Å². The van der Waals surface area contributed by atoms with Gasteiger partial charge in [0.15, 0.2) is 0 Å². The summed E-state index contributed by atoms with van der Waals surface area (Å²) < 4.78 is 0. The van der Waals surface area contributed by atoms with Gasteiger partial charge in [-0.1, -0.05) is 31.2 Å². The van der Waals surface area contributed by atoms with E-state index in [4.69, 9.17) is 5.73 Å². The third kappa shape index (κ3) is 2.06. The Labute approximate surface area is 91.9 Å². The summed E-state index contributed by atoms with van der Waals surface area (Å²) >= 11 is 0. The SMILES string of the molecule is CCc1cccc([C@H]2CNC[C@]2(C)N)c1. The van der Waals surface area contributed by atoms with Crippen LogP contribution < -0.4 is 11.1 Å². The quantitative estimate of drug-likeness (QED) is 0.769. The first-order chi connectivity index (χ1) is 7.13. The van der Waals surface area contributed by atoms with Gasteiger partial charge in [-0.25, -0.2) is 0 Å². The lowest BCUT2D eigenvalue weighted by Gasteiger charge is -2.26. The van der Waals surface area contributed by atoms with Crippen molar-refractivity contribution in [3.63, 3.8) is 0 Å². The maximum Gasteiger partial charge on any atom is 0.0333 e. The molecule has 1 aliphatic heterocycles. The molecule has 1 heterocycles. The molecule has 15 heavy (non-hydrogen) atoms. The van der Waals surface area contributed by atoms with E-state index in [2.05, 4.69) is 43.4 Å². The first-order valence-electron chi connectivity index (χ1n) is 5.72. The van der Waals surface area contributed by atoms with Crippen LogP contribution in [0.2, 0.25) is 0 Å².